The highest BCUT2D eigenvalue weighted by Crippen LogP contribution is 2.35. The predicted molar refractivity (Wildman–Crippen MR) is 113 cm³/mol. The number of carbonyl (C=O) groups excluding carboxylic acids is 4. The van der Waals surface area contributed by atoms with Gasteiger partial charge in [0.05, 0.1) is 39.1 Å². The molecule has 0 unspecified atom stereocenters. The Morgan fingerprint density at radius 1 is 1.00 bits per heavy atom. The van der Waals surface area contributed by atoms with Crippen molar-refractivity contribution >= 4 is 51.9 Å². The fourth-order valence-corrected chi connectivity index (χ4v) is 4.51. The van der Waals surface area contributed by atoms with Crippen LogP contribution < -0.4 is 5.32 Å². The Hall–Kier alpha value is -2.85. The van der Waals surface area contributed by atoms with Gasteiger partial charge in [0.2, 0.25) is 5.91 Å². The van der Waals surface area contributed by atoms with Crippen molar-refractivity contribution in [2.45, 2.75) is 18.2 Å². The molecule has 2 aromatic rings. The standard InChI is InChI=1S/C20H21NO7S2/c1-11-7-5-6-8-13(11)29-10-14(22)21-18-16(19(24)27-3)12(9-15(23)26-2)17(30-18)20(25)28-4/h5-8H,9-10H2,1-4H3,(H,21,22). The van der Waals surface area contributed by atoms with Crippen molar-refractivity contribution in [2.24, 2.45) is 0 Å². The summed E-state index contributed by atoms with van der Waals surface area (Å²) in [5.74, 6) is -2.48. The van der Waals surface area contributed by atoms with Crippen LogP contribution in [0.5, 0.6) is 0 Å². The number of hydrogen-bond donors (Lipinski definition) is 1. The van der Waals surface area contributed by atoms with Crippen LogP contribution in [0.25, 0.3) is 0 Å². The molecule has 1 aromatic carbocycles. The molecule has 160 valence electrons. The zero-order valence-electron chi connectivity index (χ0n) is 16.9. The number of nitrogens with one attached hydrogen (secondary N) is 1. The van der Waals surface area contributed by atoms with Crippen molar-refractivity contribution in [3.05, 3.63) is 45.8 Å². The number of anilines is 1. The maximum atomic E-state index is 12.5. The lowest BCUT2D eigenvalue weighted by Crippen LogP contribution is -2.17. The Labute approximate surface area is 181 Å². The van der Waals surface area contributed by atoms with E-state index in [9.17, 15) is 19.2 Å². The fraction of sp³-hybridized carbons (Fsp3) is 0.300. The first-order valence-electron chi connectivity index (χ1n) is 8.69. The number of amides is 1. The summed E-state index contributed by atoms with van der Waals surface area (Å²) in [6, 6.07) is 7.63. The summed E-state index contributed by atoms with van der Waals surface area (Å²) >= 11 is 2.18. The summed E-state index contributed by atoms with van der Waals surface area (Å²) < 4.78 is 14.2. The monoisotopic (exact) mass is 451 g/mol. The lowest BCUT2D eigenvalue weighted by atomic mass is 10.1. The Kier molecular flexibility index (Phi) is 8.43. The van der Waals surface area contributed by atoms with Crippen LogP contribution in [0.4, 0.5) is 5.00 Å². The van der Waals surface area contributed by atoms with Gasteiger partial charge in [-0.1, -0.05) is 18.2 Å². The zero-order valence-corrected chi connectivity index (χ0v) is 18.5. The number of rotatable bonds is 8. The van der Waals surface area contributed by atoms with E-state index in [0.717, 1.165) is 21.8 Å². The number of thioether (sulfide) groups is 1. The number of aryl methyl sites for hydroxylation is 1. The molecule has 0 saturated heterocycles. The van der Waals surface area contributed by atoms with Crippen LogP contribution >= 0.6 is 23.1 Å². The Balaban J connectivity index is 2.34. The molecule has 0 saturated carbocycles. The minimum absolute atomic E-state index is 0.0187. The first-order chi connectivity index (χ1) is 14.3. The molecule has 1 N–H and O–H groups in total. The van der Waals surface area contributed by atoms with E-state index in [1.165, 1.54) is 33.1 Å². The van der Waals surface area contributed by atoms with E-state index in [-0.39, 0.29) is 39.1 Å². The van der Waals surface area contributed by atoms with Crippen molar-refractivity contribution in [1.82, 2.24) is 0 Å². The van der Waals surface area contributed by atoms with Crippen molar-refractivity contribution in [3.8, 4) is 0 Å². The Morgan fingerprint density at radius 2 is 1.67 bits per heavy atom. The van der Waals surface area contributed by atoms with Crippen LogP contribution in [-0.4, -0.2) is 50.9 Å². The number of hydrogen-bond acceptors (Lipinski definition) is 9. The van der Waals surface area contributed by atoms with E-state index in [1.807, 2.05) is 31.2 Å². The largest absolute Gasteiger partial charge is 0.469 e. The molecule has 0 bridgehead atoms. The lowest BCUT2D eigenvalue weighted by Gasteiger charge is -2.08. The van der Waals surface area contributed by atoms with E-state index >= 15 is 0 Å². The van der Waals surface area contributed by atoms with Gasteiger partial charge in [0.1, 0.15) is 9.88 Å². The summed E-state index contributed by atoms with van der Waals surface area (Å²) in [4.78, 5) is 49.9. The first-order valence-corrected chi connectivity index (χ1v) is 10.5. The predicted octanol–water partition coefficient (Wildman–Crippen LogP) is 3.08. The second kappa shape index (κ2) is 10.8. The Morgan fingerprint density at radius 3 is 2.27 bits per heavy atom. The third-order valence-electron chi connectivity index (χ3n) is 4.02. The molecule has 0 aliphatic rings. The molecule has 0 spiro atoms. The molecule has 10 heteroatoms. The molecule has 1 amide bonds. The van der Waals surface area contributed by atoms with Gasteiger partial charge in [-0.3, -0.25) is 9.59 Å². The number of ether oxygens (including phenoxy) is 3. The topological polar surface area (TPSA) is 108 Å². The van der Waals surface area contributed by atoms with Gasteiger partial charge in [-0.15, -0.1) is 23.1 Å². The summed E-state index contributed by atoms with van der Waals surface area (Å²) in [6.45, 7) is 1.94. The molecule has 0 aliphatic heterocycles. The summed E-state index contributed by atoms with van der Waals surface area (Å²) in [6.07, 6.45) is -0.351. The maximum absolute atomic E-state index is 12.5. The molecule has 0 aliphatic carbocycles. The van der Waals surface area contributed by atoms with Crippen molar-refractivity contribution in [2.75, 3.05) is 32.4 Å². The SMILES string of the molecule is COC(=O)Cc1c(C(=O)OC)sc(NC(=O)CSc2ccccc2C)c1C(=O)OC. The van der Waals surface area contributed by atoms with Crippen LogP contribution in [0.3, 0.4) is 0 Å². The highest BCUT2D eigenvalue weighted by atomic mass is 32.2. The molecule has 30 heavy (non-hydrogen) atoms. The quantitative estimate of drug-likeness (QED) is 0.371. The van der Waals surface area contributed by atoms with Gasteiger partial charge in [0, 0.05) is 10.5 Å². The summed E-state index contributed by atoms with van der Waals surface area (Å²) in [5, 5.41) is 2.75. The van der Waals surface area contributed by atoms with E-state index in [2.05, 4.69) is 10.1 Å². The van der Waals surface area contributed by atoms with Gasteiger partial charge >= 0.3 is 17.9 Å². The van der Waals surface area contributed by atoms with Crippen molar-refractivity contribution in [1.29, 1.82) is 0 Å². The number of methoxy groups -OCH3 is 3. The maximum Gasteiger partial charge on any atom is 0.348 e. The minimum atomic E-state index is -0.790. The average molecular weight is 452 g/mol. The van der Waals surface area contributed by atoms with Crippen LogP contribution in [0, 0.1) is 6.92 Å². The first kappa shape index (κ1) is 23.4. The second-order valence-electron chi connectivity index (χ2n) is 5.95. The van der Waals surface area contributed by atoms with Gasteiger partial charge in [-0.2, -0.15) is 0 Å². The molecule has 0 atom stereocenters. The molecular formula is C20H21NO7S2. The summed E-state index contributed by atoms with van der Waals surface area (Å²) in [5.41, 5.74) is 1.06. The number of thiophene rings is 1. The second-order valence-corrected chi connectivity index (χ2v) is 7.99. The van der Waals surface area contributed by atoms with Gasteiger partial charge in [0.25, 0.3) is 0 Å². The van der Waals surface area contributed by atoms with Crippen LogP contribution in [0.1, 0.15) is 31.2 Å². The van der Waals surface area contributed by atoms with Gasteiger partial charge in [-0.25, -0.2) is 9.59 Å². The van der Waals surface area contributed by atoms with E-state index < -0.39 is 17.9 Å². The smallest absolute Gasteiger partial charge is 0.348 e. The fourth-order valence-electron chi connectivity index (χ4n) is 2.54. The van der Waals surface area contributed by atoms with Crippen molar-refractivity contribution < 1.29 is 33.4 Å². The molecule has 2 rings (SSSR count). The van der Waals surface area contributed by atoms with Gasteiger partial charge in [0.15, 0.2) is 0 Å². The van der Waals surface area contributed by atoms with Crippen LogP contribution in [0.15, 0.2) is 29.2 Å². The molecule has 0 radical (unpaired) electrons. The number of carbonyl (C=O) groups is 4. The normalized spacial score (nSPS) is 10.3. The van der Waals surface area contributed by atoms with Gasteiger partial charge in [-0.05, 0) is 18.6 Å². The lowest BCUT2D eigenvalue weighted by molar-refractivity contribution is -0.139. The van der Waals surface area contributed by atoms with Crippen molar-refractivity contribution in [3.63, 3.8) is 0 Å². The molecule has 8 nitrogen and oxygen atoms in total. The molecule has 0 fully saturated rings. The Bertz CT molecular complexity index is 968. The number of benzene rings is 1. The molecular weight excluding hydrogens is 430 g/mol. The van der Waals surface area contributed by atoms with Gasteiger partial charge < -0.3 is 19.5 Å². The third kappa shape index (κ3) is 5.61. The highest BCUT2D eigenvalue weighted by Gasteiger charge is 2.30. The van der Waals surface area contributed by atoms with E-state index in [0.29, 0.717) is 0 Å². The third-order valence-corrected chi connectivity index (χ3v) is 6.32. The summed E-state index contributed by atoms with van der Waals surface area (Å²) in [7, 11) is 3.54. The van der Waals surface area contributed by atoms with E-state index in [4.69, 9.17) is 9.47 Å². The van der Waals surface area contributed by atoms with Crippen LogP contribution in [0.2, 0.25) is 0 Å². The average Bonchev–Trinajstić information content (AvgIpc) is 3.09. The van der Waals surface area contributed by atoms with Crippen LogP contribution in [-0.2, 0) is 30.2 Å². The highest BCUT2D eigenvalue weighted by molar-refractivity contribution is 8.00. The number of esters is 3. The zero-order chi connectivity index (χ0) is 22.3. The minimum Gasteiger partial charge on any atom is -0.469 e. The van der Waals surface area contributed by atoms with E-state index in [1.54, 1.807) is 0 Å². The molecule has 1 heterocycles. The molecule has 1 aromatic heterocycles.